The molecule has 1 saturated heterocycles. The summed E-state index contributed by atoms with van der Waals surface area (Å²) in [7, 11) is -4.07. The summed E-state index contributed by atoms with van der Waals surface area (Å²) >= 11 is 0. The zero-order valence-corrected chi connectivity index (χ0v) is 20.7. The molecule has 10 heteroatoms. The maximum atomic E-state index is 14.0. The molecule has 0 bridgehead atoms. The topological polar surface area (TPSA) is 37.4 Å². The lowest BCUT2D eigenvalue weighted by molar-refractivity contribution is -0.297. The number of rotatable bonds is 6. The molecule has 0 saturated carbocycles. The van der Waals surface area contributed by atoms with Crippen molar-refractivity contribution >= 4 is 9.84 Å². The number of halogens is 6. The highest BCUT2D eigenvalue weighted by atomic mass is 32.2. The summed E-state index contributed by atoms with van der Waals surface area (Å²) in [5, 5.41) is 0. The van der Waals surface area contributed by atoms with Crippen LogP contribution in [0.4, 0.5) is 26.3 Å². The van der Waals surface area contributed by atoms with Crippen molar-refractivity contribution in [2.45, 2.75) is 47.3 Å². The van der Waals surface area contributed by atoms with E-state index in [0.29, 0.717) is 13.1 Å². The number of benzene rings is 3. The minimum absolute atomic E-state index is 0.0360. The van der Waals surface area contributed by atoms with Gasteiger partial charge < -0.3 is 0 Å². The molecule has 3 nitrogen and oxygen atoms in total. The van der Waals surface area contributed by atoms with Crippen molar-refractivity contribution in [2.24, 2.45) is 0 Å². The van der Waals surface area contributed by atoms with Crippen LogP contribution in [0.25, 0.3) is 0 Å². The lowest BCUT2D eigenvalue weighted by Crippen LogP contribution is -2.51. The molecule has 198 valence electrons. The van der Waals surface area contributed by atoms with E-state index in [1.54, 1.807) is 18.2 Å². The van der Waals surface area contributed by atoms with Gasteiger partial charge in [-0.05, 0) is 42.2 Å². The Morgan fingerprint density at radius 2 is 1.30 bits per heavy atom. The first-order valence-electron chi connectivity index (χ1n) is 11.5. The van der Waals surface area contributed by atoms with Crippen LogP contribution in [-0.2, 0) is 26.5 Å². The monoisotopic (exact) mass is 541 g/mol. The van der Waals surface area contributed by atoms with Crippen LogP contribution < -0.4 is 0 Å². The Balaban J connectivity index is 1.79. The second kappa shape index (κ2) is 9.47. The Hall–Kier alpha value is -2.85. The molecular formula is C27H25F6NO2S. The fraction of sp³-hybridized carbons (Fsp3) is 0.333. The molecule has 0 aromatic heterocycles. The standard InChI is InChI=1S/C27H25F6NO2S/c1-24(26(28,29)30,27(31,32)33)21-12-14-22(15-13-21)25(37(35,36)23-10-6-3-7-11-23)16-17-34(19-25)18-20-8-4-2-5-9-20/h2-15H,16-19H2,1H3. The van der Waals surface area contributed by atoms with Gasteiger partial charge in [0.1, 0.15) is 4.75 Å². The summed E-state index contributed by atoms with van der Waals surface area (Å²) in [5.41, 5.74) is -3.99. The van der Waals surface area contributed by atoms with Crippen molar-refractivity contribution < 1.29 is 34.8 Å². The smallest absolute Gasteiger partial charge is 0.297 e. The number of alkyl halides is 6. The molecule has 1 fully saturated rings. The first kappa shape index (κ1) is 27.2. The fourth-order valence-electron chi connectivity index (χ4n) is 4.87. The molecule has 0 spiro atoms. The summed E-state index contributed by atoms with van der Waals surface area (Å²) in [6.07, 6.45) is -11.1. The molecule has 0 aliphatic carbocycles. The first-order valence-corrected chi connectivity index (χ1v) is 13.0. The largest absolute Gasteiger partial charge is 0.406 e. The number of hydrogen-bond acceptors (Lipinski definition) is 3. The van der Waals surface area contributed by atoms with Crippen LogP contribution in [0.3, 0.4) is 0 Å². The van der Waals surface area contributed by atoms with E-state index in [1.807, 2.05) is 35.2 Å². The van der Waals surface area contributed by atoms with Crippen LogP contribution in [-0.4, -0.2) is 38.8 Å². The van der Waals surface area contributed by atoms with Crippen LogP contribution in [0.1, 0.15) is 30.0 Å². The molecule has 3 aromatic rings. The quantitative estimate of drug-likeness (QED) is 0.328. The Kier molecular flexibility index (Phi) is 6.96. The Bertz CT molecular complexity index is 1310. The third-order valence-electron chi connectivity index (χ3n) is 7.25. The Morgan fingerprint density at radius 3 is 1.81 bits per heavy atom. The van der Waals surface area contributed by atoms with Gasteiger partial charge in [-0.25, -0.2) is 8.42 Å². The fourth-order valence-corrected chi connectivity index (χ4v) is 6.99. The summed E-state index contributed by atoms with van der Waals surface area (Å²) in [4.78, 5) is 1.97. The second-order valence-corrected chi connectivity index (χ2v) is 11.7. The van der Waals surface area contributed by atoms with E-state index in [-0.39, 0.29) is 30.3 Å². The molecule has 1 unspecified atom stereocenters. The number of sulfone groups is 1. The SMILES string of the molecule is CC(c1ccc(C2(S(=O)(=O)c3ccccc3)CCN(Cc3ccccc3)C2)cc1)(C(F)(F)F)C(F)(F)F. The van der Waals surface area contributed by atoms with Gasteiger partial charge in [0.25, 0.3) is 0 Å². The predicted molar refractivity (Wildman–Crippen MR) is 128 cm³/mol. The maximum Gasteiger partial charge on any atom is 0.406 e. The van der Waals surface area contributed by atoms with Gasteiger partial charge in [0, 0.05) is 19.6 Å². The average molecular weight is 542 g/mol. The first-order chi connectivity index (χ1) is 17.2. The van der Waals surface area contributed by atoms with Gasteiger partial charge in [-0.2, -0.15) is 26.3 Å². The van der Waals surface area contributed by atoms with Gasteiger partial charge in [0.15, 0.2) is 15.3 Å². The second-order valence-electron chi connectivity index (χ2n) is 9.45. The van der Waals surface area contributed by atoms with Crippen molar-refractivity contribution in [1.82, 2.24) is 4.90 Å². The third kappa shape index (κ3) is 4.65. The van der Waals surface area contributed by atoms with Gasteiger partial charge >= 0.3 is 12.4 Å². The van der Waals surface area contributed by atoms with Gasteiger partial charge in [0.2, 0.25) is 0 Å². The molecule has 1 aliphatic rings. The molecule has 0 N–H and O–H groups in total. The molecule has 4 rings (SSSR count). The normalized spacial score (nSPS) is 19.8. The molecular weight excluding hydrogens is 516 g/mol. The number of nitrogens with zero attached hydrogens (tertiary/aromatic N) is 1. The van der Waals surface area contributed by atoms with E-state index >= 15 is 0 Å². The maximum absolute atomic E-state index is 14.0. The Morgan fingerprint density at radius 1 is 0.784 bits per heavy atom. The summed E-state index contributed by atoms with van der Waals surface area (Å²) in [6, 6.07) is 20.7. The van der Waals surface area contributed by atoms with Crippen LogP contribution in [0, 0.1) is 0 Å². The van der Waals surface area contributed by atoms with Crippen molar-refractivity contribution in [1.29, 1.82) is 0 Å². The highest BCUT2D eigenvalue weighted by Crippen LogP contribution is 2.52. The van der Waals surface area contributed by atoms with Crippen LogP contribution >= 0.6 is 0 Å². The molecule has 1 aliphatic heterocycles. The summed E-state index contributed by atoms with van der Waals surface area (Å²) in [5.74, 6) is 0. The predicted octanol–water partition coefficient (Wildman–Crippen LogP) is 6.64. The summed E-state index contributed by atoms with van der Waals surface area (Å²) in [6.45, 7) is 0.959. The molecule has 37 heavy (non-hydrogen) atoms. The number of hydrogen-bond donors (Lipinski definition) is 0. The summed E-state index contributed by atoms with van der Waals surface area (Å²) < 4.78 is 108. The molecule has 0 amide bonds. The van der Waals surface area contributed by atoms with E-state index in [4.69, 9.17) is 0 Å². The van der Waals surface area contributed by atoms with Crippen molar-refractivity contribution in [3.63, 3.8) is 0 Å². The number of likely N-dealkylation sites (tertiary alicyclic amines) is 1. The highest BCUT2D eigenvalue weighted by molar-refractivity contribution is 7.92. The average Bonchev–Trinajstić information content (AvgIpc) is 3.29. The zero-order chi connectivity index (χ0) is 27.1. The van der Waals surface area contributed by atoms with Gasteiger partial charge in [-0.1, -0.05) is 72.8 Å². The van der Waals surface area contributed by atoms with Gasteiger partial charge in [0.05, 0.1) is 4.90 Å². The zero-order valence-electron chi connectivity index (χ0n) is 19.9. The van der Waals surface area contributed by atoms with Crippen molar-refractivity contribution in [2.75, 3.05) is 13.1 Å². The van der Waals surface area contributed by atoms with Crippen LogP contribution in [0.2, 0.25) is 0 Å². The van der Waals surface area contributed by atoms with Gasteiger partial charge in [-0.15, -0.1) is 0 Å². The van der Waals surface area contributed by atoms with E-state index in [2.05, 4.69) is 0 Å². The van der Waals surface area contributed by atoms with E-state index in [1.165, 1.54) is 12.1 Å². The van der Waals surface area contributed by atoms with E-state index < -0.39 is 37.9 Å². The van der Waals surface area contributed by atoms with Crippen molar-refractivity contribution in [3.05, 3.63) is 102 Å². The van der Waals surface area contributed by atoms with E-state index in [0.717, 1.165) is 29.8 Å². The lowest BCUT2D eigenvalue weighted by Gasteiger charge is -2.35. The van der Waals surface area contributed by atoms with E-state index in [9.17, 15) is 34.8 Å². The highest BCUT2D eigenvalue weighted by Gasteiger charge is 2.68. The third-order valence-corrected chi connectivity index (χ3v) is 9.74. The van der Waals surface area contributed by atoms with Crippen LogP contribution in [0.5, 0.6) is 0 Å². The lowest BCUT2D eigenvalue weighted by atomic mass is 9.80. The minimum atomic E-state index is -5.60. The molecule has 1 atom stereocenters. The van der Waals surface area contributed by atoms with Crippen LogP contribution in [0.15, 0.2) is 89.8 Å². The molecule has 0 radical (unpaired) electrons. The van der Waals surface area contributed by atoms with Gasteiger partial charge in [-0.3, -0.25) is 4.90 Å². The molecule has 1 heterocycles. The Labute approximate surface area is 211 Å². The van der Waals surface area contributed by atoms with Crippen molar-refractivity contribution in [3.8, 4) is 0 Å². The molecule has 3 aromatic carbocycles. The minimum Gasteiger partial charge on any atom is -0.297 e.